The quantitative estimate of drug-likeness (QED) is 0.664. The van der Waals surface area contributed by atoms with Gasteiger partial charge in [0, 0.05) is 16.8 Å². The van der Waals surface area contributed by atoms with E-state index in [1.807, 2.05) is 39.8 Å². The van der Waals surface area contributed by atoms with Gasteiger partial charge in [-0.05, 0) is 18.2 Å². The number of para-hydroxylation sites is 1. The van der Waals surface area contributed by atoms with Crippen molar-refractivity contribution in [3.63, 3.8) is 0 Å². The third kappa shape index (κ3) is 4.03. The summed E-state index contributed by atoms with van der Waals surface area (Å²) < 4.78 is 0. The summed E-state index contributed by atoms with van der Waals surface area (Å²) in [5.74, 6) is 0. The Hall–Kier alpha value is -1.41. The summed E-state index contributed by atoms with van der Waals surface area (Å²) in [6.45, 7) is 15.7. The Kier molecular flexibility index (Phi) is 8.81. The first kappa shape index (κ1) is 17.6. The van der Waals surface area contributed by atoms with Crippen LogP contribution in [0.1, 0.15) is 27.7 Å². The average Bonchev–Trinajstić information content (AvgIpc) is 2.51. The Morgan fingerprint density at radius 1 is 1.00 bits per heavy atom. The van der Waals surface area contributed by atoms with Crippen LogP contribution in [-0.4, -0.2) is 7.05 Å². The van der Waals surface area contributed by atoms with Crippen molar-refractivity contribution in [1.82, 2.24) is 0 Å². The average molecular weight is 275 g/mol. The van der Waals surface area contributed by atoms with Crippen molar-refractivity contribution in [2.45, 2.75) is 32.6 Å². The lowest BCUT2D eigenvalue weighted by Gasteiger charge is -2.29. The molecule has 1 aliphatic heterocycles. The van der Waals surface area contributed by atoms with Gasteiger partial charge in [0.2, 0.25) is 0 Å². The molecule has 0 amide bonds. The summed E-state index contributed by atoms with van der Waals surface area (Å²) in [7, 11) is 2.05. The first-order valence-corrected chi connectivity index (χ1v) is 7.59. The van der Waals surface area contributed by atoms with Crippen molar-refractivity contribution >= 4 is 17.4 Å². The highest BCUT2D eigenvalue weighted by Crippen LogP contribution is 2.42. The van der Waals surface area contributed by atoms with Gasteiger partial charge in [-0.2, -0.15) is 0 Å². The fraction of sp³-hybridized carbons (Fsp3) is 0.294. The van der Waals surface area contributed by atoms with Gasteiger partial charge in [0.1, 0.15) is 0 Å². The molecule has 0 aliphatic carbocycles. The highest BCUT2D eigenvalue weighted by atomic mass is 32.2. The lowest BCUT2D eigenvalue weighted by atomic mass is 10.2. The third-order valence-corrected chi connectivity index (χ3v) is 3.60. The van der Waals surface area contributed by atoms with Crippen LogP contribution in [0.15, 0.2) is 65.1 Å². The first-order valence-electron chi connectivity index (χ1n) is 6.77. The van der Waals surface area contributed by atoms with Gasteiger partial charge >= 0.3 is 0 Å². The van der Waals surface area contributed by atoms with Crippen LogP contribution in [-0.2, 0) is 0 Å². The largest absolute Gasteiger partial charge is 0.343 e. The Morgan fingerprint density at radius 3 is 2.11 bits per heavy atom. The van der Waals surface area contributed by atoms with Crippen molar-refractivity contribution in [3.8, 4) is 0 Å². The predicted octanol–water partition coefficient (Wildman–Crippen LogP) is 5.86. The van der Waals surface area contributed by atoms with Crippen molar-refractivity contribution in [1.29, 1.82) is 0 Å². The SMILES string of the molecule is C=CC1=C(C=C)N(C)c2ccccc2S1.CC.CC. The molecule has 0 aromatic heterocycles. The van der Waals surface area contributed by atoms with Gasteiger partial charge in [0.05, 0.1) is 11.4 Å². The molecule has 19 heavy (non-hydrogen) atoms. The number of anilines is 1. The van der Waals surface area contributed by atoms with Crippen LogP contribution >= 0.6 is 11.8 Å². The second kappa shape index (κ2) is 9.51. The maximum absolute atomic E-state index is 3.85. The normalized spacial score (nSPS) is 12.4. The molecule has 1 aromatic rings. The Balaban J connectivity index is 0.000000741. The molecule has 104 valence electrons. The summed E-state index contributed by atoms with van der Waals surface area (Å²) in [5, 5.41) is 0. The number of rotatable bonds is 2. The molecule has 1 nitrogen and oxygen atoms in total. The van der Waals surface area contributed by atoms with E-state index in [0.717, 1.165) is 10.6 Å². The molecular formula is C17H25NS. The van der Waals surface area contributed by atoms with E-state index in [1.54, 1.807) is 11.8 Å². The van der Waals surface area contributed by atoms with Crippen LogP contribution in [0, 0.1) is 0 Å². The van der Waals surface area contributed by atoms with Gasteiger partial charge in [0.15, 0.2) is 0 Å². The molecule has 0 saturated heterocycles. The van der Waals surface area contributed by atoms with E-state index in [0.29, 0.717) is 0 Å². The molecule has 0 atom stereocenters. The molecule has 2 rings (SSSR count). The van der Waals surface area contributed by atoms with Crippen LogP contribution < -0.4 is 4.90 Å². The van der Waals surface area contributed by atoms with E-state index in [1.165, 1.54) is 10.6 Å². The number of likely N-dealkylation sites (N-methyl/N-ethyl adjacent to an activating group) is 1. The van der Waals surface area contributed by atoms with Gasteiger partial charge in [-0.25, -0.2) is 0 Å². The standard InChI is InChI=1S/C13H13NS.2C2H6/c1-4-10-12(5-2)15-13-9-7-6-8-11(13)14(10)3;2*1-2/h4-9H,1-2H2,3H3;2*1-2H3. The number of fused-ring (bicyclic) bond motifs is 1. The second-order valence-electron chi connectivity index (χ2n) is 3.29. The lowest BCUT2D eigenvalue weighted by Crippen LogP contribution is -2.19. The topological polar surface area (TPSA) is 3.24 Å². The van der Waals surface area contributed by atoms with E-state index in [4.69, 9.17) is 0 Å². The van der Waals surface area contributed by atoms with Crippen molar-refractivity contribution in [2.75, 3.05) is 11.9 Å². The van der Waals surface area contributed by atoms with Crippen molar-refractivity contribution < 1.29 is 0 Å². The number of thioether (sulfide) groups is 1. The molecule has 1 heterocycles. The maximum atomic E-state index is 3.85. The zero-order valence-electron chi connectivity index (χ0n) is 12.7. The van der Waals surface area contributed by atoms with E-state index in [9.17, 15) is 0 Å². The van der Waals surface area contributed by atoms with Crippen LogP contribution in [0.2, 0.25) is 0 Å². The van der Waals surface area contributed by atoms with Gasteiger partial charge in [-0.3, -0.25) is 0 Å². The van der Waals surface area contributed by atoms with Crippen LogP contribution in [0.4, 0.5) is 5.69 Å². The smallest absolute Gasteiger partial charge is 0.0550 e. The molecule has 0 saturated carbocycles. The first-order chi connectivity index (χ1) is 9.27. The zero-order chi connectivity index (χ0) is 14.8. The molecule has 0 radical (unpaired) electrons. The molecule has 0 N–H and O–H groups in total. The number of hydrogen-bond donors (Lipinski definition) is 0. The van der Waals surface area contributed by atoms with E-state index < -0.39 is 0 Å². The van der Waals surface area contributed by atoms with Gasteiger partial charge < -0.3 is 4.90 Å². The Morgan fingerprint density at radius 2 is 1.58 bits per heavy atom. The summed E-state index contributed by atoms with van der Waals surface area (Å²) >= 11 is 1.74. The molecule has 0 fully saturated rings. The zero-order valence-corrected chi connectivity index (χ0v) is 13.6. The van der Waals surface area contributed by atoms with Crippen LogP contribution in [0.25, 0.3) is 0 Å². The number of nitrogens with zero attached hydrogens (tertiary/aromatic N) is 1. The Labute approximate surface area is 122 Å². The fourth-order valence-corrected chi connectivity index (χ4v) is 2.77. The van der Waals surface area contributed by atoms with Crippen molar-refractivity contribution in [3.05, 3.63) is 60.2 Å². The van der Waals surface area contributed by atoms with Gasteiger partial charge in [0.25, 0.3) is 0 Å². The number of hydrogen-bond acceptors (Lipinski definition) is 2. The van der Waals surface area contributed by atoms with Gasteiger partial charge in [-0.15, -0.1) is 0 Å². The maximum Gasteiger partial charge on any atom is 0.0550 e. The van der Waals surface area contributed by atoms with E-state index in [2.05, 4.69) is 49.4 Å². The molecule has 0 bridgehead atoms. The number of allylic oxidation sites excluding steroid dienone is 2. The summed E-state index contributed by atoms with van der Waals surface area (Å²) in [6, 6.07) is 8.35. The minimum atomic E-state index is 1.12. The highest BCUT2D eigenvalue weighted by molar-refractivity contribution is 8.03. The molecular weight excluding hydrogens is 250 g/mol. The number of benzene rings is 1. The second-order valence-corrected chi connectivity index (χ2v) is 4.37. The molecule has 2 heteroatoms. The van der Waals surface area contributed by atoms with Crippen molar-refractivity contribution in [2.24, 2.45) is 0 Å². The van der Waals surface area contributed by atoms with Crippen LogP contribution in [0.3, 0.4) is 0 Å². The summed E-state index contributed by atoms with van der Waals surface area (Å²) in [5.41, 5.74) is 2.34. The van der Waals surface area contributed by atoms with E-state index in [-0.39, 0.29) is 0 Å². The lowest BCUT2D eigenvalue weighted by molar-refractivity contribution is 1.09. The molecule has 0 spiro atoms. The van der Waals surface area contributed by atoms with E-state index >= 15 is 0 Å². The molecule has 1 aromatic carbocycles. The molecule has 0 unspecified atom stereocenters. The Bertz CT molecular complexity index is 446. The fourth-order valence-electron chi connectivity index (χ4n) is 1.67. The third-order valence-electron chi connectivity index (χ3n) is 2.44. The molecule has 1 aliphatic rings. The summed E-state index contributed by atoms with van der Waals surface area (Å²) in [4.78, 5) is 4.57. The summed E-state index contributed by atoms with van der Waals surface area (Å²) in [6.07, 6.45) is 3.76. The minimum absolute atomic E-state index is 1.12. The predicted molar refractivity (Wildman–Crippen MR) is 90.8 cm³/mol. The monoisotopic (exact) mass is 275 g/mol. The van der Waals surface area contributed by atoms with Gasteiger partial charge in [-0.1, -0.05) is 70.8 Å². The highest BCUT2D eigenvalue weighted by Gasteiger charge is 2.19. The van der Waals surface area contributed by atoms with Crippen LogP contribution in [0.5, 0.6) is 0 Å². The minimum Gasteiger partial charge on any atom is -0.343 e.